The van der Waals surface area contributed by atoms with E-state index in [9.17, 15) is 8.78 Å². The Bertz CT molecular complexity index is 886. The number of hydrogen-bond donors (Lipinski definition) is 1. The van der Waals surface area contributed by atoms with E-state index < -0.39 is 11.6 Å². The molecule has 3 aromatic rings. The summed E-state index contributed by atoms with van der Waals surface area (Å²) < 4.78 is 29.0. The summed E-state index contributed by atoms with van der Waals surface area (Å²) in [6.07, 6.45) is 0. The van der Waals surface area contributed by atoms with Gasteiger partial charge in [-0.3, -0.25) is 4.57 Å². The fraction of sp³-hybridized carbons (Fsp3) is 0. The van der Waals surface area contributed by atoms with Crippen LogP contribution in [0.25, 0.3) is 16.7 Å². The third-order valence-corrected chi connectivity index (χ3v) is 3.71. The lowest BCUT2D eigenvalue weighted by Gasteiger charge is -2.08. The first-order valence-corrected chi connectivity index (χ1v) is 6.69. The van der Waals surface area contributed by atoms with Crippen molar-refractivity contribution < 1.29 is 8.78 Å². The van der Waals surface area contributed by atoms with E-state index >= 15 is 0 Å². The zero-order valence-corrected chi connectivity index (χ0v) is 12.1. The van der Waals surface area contributed by atoms with Crippen LogP contribution < -0.4 is 0 Å². The van der Waals surface area contributed by atoms with E-state index in [0.29, 0.717) is 16.2 Å². The van der Waals surface area contributed by atoms with E-state index in [2.05, 4.69) is 4.98 Å². The predicted molar refractivity (Wildman–Crippen MR) is 78.4 cm³/mol. The summed E-state index contributed by atoms with van der Waals surface area (Å²) >= 11 is 17.1. The molecule has 0 aliphatic heterocycles. The third kappa shape index (κ3) is 2.02. The SMILES string of the molecule is Fc1ccc2[nH]c(=S)n(-c3ccc(Cl)cc3Cl)c2c1F. The highest BCUT2D eigenvalue weighted by Gasteiger charge is 2.16. The van der Waals surface area contributed by atoms with Crippen LogP contribution in [0.1, 0.15) is 0 Å². The Labute approximate surface area is 127 Å². The predicted octanol–water partition coefficient (Wildman–Crippen LogP) is 5.27. The Morgan fingerprint density at radius 2 is 1.85 bits per heavy atom. The number of fused-ring (bicyclic) bond motifs is 1. The molecule has 1 heterocycles. The summed E-state index contributed by atoms with van der Waals surface area (Å²) in [5.41, 5.74) is 0.830. The van der Waals surface area contributed by atoms with Crippen LogP contribution in [0.15, 0.2) is 30.3 Å². The minimum Gasteiger partial charge on any atom is -0.330 e. The molecule has 20 heavy (non-hydrogen) atoms. The molecule has 102 valence electrons. The molecule has 0 saturated heterocycles. The van der Waals surface area contributed by atoms with Crippen LogP contribution in [-0.2, 0) is 0 Å². The van der Waals surface area contributed by atoms with Gasteiger partial charge in [0.15, 0.2) is 16.4 Å². The molecule has 0 spiro atoms. The molecule has 0 bridgehead atoms. The molecule has 1 N–H and O–H groups in total. The third-order valence-electron chi connectivity index (χ3n) is 2.89. The van der Waals surface area contributed by atoms with Crippen LogP contribution in [0, 0.1) is 16.4 Å². The molecule has 0 atom stereocenters. The number of aromatic nitrogens is 2. The second kappa shape index (κ2) is 4.84. The maximum atomic E-state index is 14.0. The van der Waals surface area contributed by atoms with Gasteiger partial charge in [0.25, 0.3) is 0 Å². The number of aromatic amines is 1. The molecule has 3 rings (SSSR count). The quantitative estimate of drug-likeness (QED) is 0.602. The fourth-order valence-corrected chi connectivity index (χ4v) is 2.82. The van der Waals surface area contributed by atoms with E-state index in [1.807, 2.05) is 0 Å². The molecule has 0 unspecified atom stereocenters. The van der Waals surface area contributed by atoms with Crippen molar-refractivity contribution in [3.8, 4) is 5.69 Å². The summed E-state index contributed by atoms with van der Waals surface area (Å²) in [5.74, 6) is -1.94. The van der Waals surface area contributed by atoms with E-state index in [1.165, 1.54) is 16.7 Å². The van der Waals surface area contributed by atoms with Gasteiger partial charge in [-0.05, 0) is 42.5 Å². The van der Waals surface area contributed by atoms with Gasteiger partial charge in [0.05, 0.1) is 16.2 Å². The molecular weight excluding hydrogens is 325 g/mol. The Balaban J connectivity index is 2.44. The number of rotatable bonds is 1. The number of imidazole rings is 1. The van der Waals surface area contributed by atoms with Gasteiger partial charge < -0.3 is 4.98 Å². The Morgan fingerprint density at radius 3 is 2.55 bits per heavy atom. The minimum atomic E-state index is -0.985. The van der Waals surface area contributed by atoms with Crippen molar-refractivity contribution in [1.29, 1.82) is 0 Å². The second-order valence-corrected chi connectivity index (χ2v) is 5.35. The molecule has 0 aliphatic rings. The standard InChI is InChI=1S/C13H6Cl2F2N2S/c14-6-1-4-10(7(15)5-6)19-12-9(18-13(19)20)3-2-8(16)11(12)17/h1-5H,(H,18,20). The van der Waals surface area contributed by atoms with Crippen molar-refractivity contribution in [3.05, 3.63) is 56.8 Å². The van der Waals surface area contributed by atoms with E-state index in [1.54, 1.807) is 12.1 Å². The summed E-state index contributed by atoms with van der Waals surface area (Å²) in [4.78, 5) is 2.81. The van der Waals surface area contributed by atoms with Crippen molar-refractivity contribution in [2.45, 2.75) is 0 Å². The Kier molecular flexibility index (Phi) is 3.28. The molecule has 0 aliphatic carbocycles. The molecular formula is C13H6Cl2F2N2S. The van der Waals surface area contributed by atoms with Crippen LogP contribution >= 0.6 is 35.4 Å². The van der Waals surface area contributed by atoms with Crippen LogP contribution in [0.4, 0.5) is 8.78 Å². The van der Waals surface area contributed by atoms with Gasteiger partial charge in [-0.1, -0.05) is 23.2 Å². The van der Waals surface area contributed by atoms with Gasteiger partial charge in [0, 0.05) is 5.02 Å². The topological polar surface area (TPSA) is 20.7 Å². The molecule has 0 fully saturated rings. The summed E-state index contributed by atoms with van der Waals surface area (Å²) in [6.45, 7) is 0. The van der Waals surface area contributed by atoms with Crippen LogP contribution in [0.5, 0.6) is 0 Å². The summed E-state index contributed by atoms with van der Waals surface area (Å²) in [5, 5.41) is 0.731. The van der Waals surface area contributed by atoms with Gasteiger partial charge in [0.2, 0.25) is 0 Å². The molecule has 2 aromatic carbocycles. The summed E-state index contributed by atoms with van der Waals surface area (Å²) in [6, 6.07) is 7.16. The molecule has 1 aromatic heterocycles. The minimum absolute atomic E-state index is 0.0132. The Hall–Kier alpha value is -1.43. The molecule has 7 heteroatoms. The molecule has 2 nitrogen and oxygen atoms in total. The lowest BCUT2D eigenvalue weighted by atomic mass is 10.2. The summed E-state index contributed by atoms with van der Waals surface area (Å²) in [7, 11) is 0. The average molecular weight is 331 g/mol. The molecule has 0 saturated carbocycles. The molecule has 0 radical (unpaired) electrons. The first kappa shape index (κ1) is 13.5. The number of halogens is 4. The van der Waals surface area contributed by atoms with Crippen molar-refractivity contribution >= 4 is 46.5 Å². The highest BCUT2D eigenvalue weighted by Crippen LogP contribution is 2.29. The van der Waals surface area contributed by atoms with Crippen LogP contribution in [0.3, 0.4) is 0 Å². The normalized spacial score (nSPS) is 11.2. The van der Waals surface area contributed by atoms with Crippen molar-refractivity contribution in [2.75, 3.05) is 0 Å². The number of H-pyrrole nitrogens is 1. The lowest BCUT2D eigenvalue weighted by molar-refractivity contribution is 0.514. The van der Waals surface area contributed by atoms with Gasteiger partial charge in [-0.15, -0.1) is 0 Å². The van der Waals surface area contributed by atoms with Crippen LogP contribution in [-0.4, -0.2) is 9.55 Å². The maximum Gasteiger partial charge on any atom is 0.184 e. The first-order valence-electron chi connectivity index (χ1n) is 5.53. The largest absolute Gasteiger partial charge is 0.330 e. The monoisotopic (exact) mass is 330 g/mol. The number of hydrogen-bond acceptors (Lipinski definition) is 1. The maximum absolute atomic E-state index is 14.0. The van der Waals surface area contributed by atoms with Crippen molar-refractivity contribution in [2.24, 2.45) is 0 Å². The number of benzene rings is 2. The van der Waals surface area contributed by atoms with Gasteiger partial charge in [-0.2, -0.15) is 0 Å². The zero-order valence-electron chi connectivity index (χ0n) is 9.75. The van der Waals surface area contributed by atoms with E-state index in [4.69, 9.17) is 35.4 Å². The smallest absolute Gasteiger partial charge is 0.184 e. The van der Waals surface area contributed by atoms with Gasteiger partial charge in [0.1, 0.15) is 5.52 Å². The lowest BCUT2D eigenvalue weighted by Crippen LogP contribution is -1.98. The number of nitrogens with one attached hydrogen (secondary N) is 1. The highest BCUT2D eigenvalue weighted by molar-refractivity contribution is 7.71. The second-order valence-electron chi connectivity index (χ2n) is 4.12. The highest BCUT2D eigenvalue weighted by atomic mass is 35.5. The van der Waals surface area contributed by atoms with Gasteiger partial charge >= 0.3 is 0 Å². The van der Waals surface area contributed by atoms with Crippen LogP contribution in [0.2, 0.25) is 10.0 Å². The van der Waals surface area contributed by atoms with E-state index in [-0.39, 0.29) is 15.3 Å². The average Bonchev–Trinajstić information content (AvgIpc) is 2.72. The zero-order chi connectivity index (χ0) is 14.4. The Morgan fingerprint density at radius 1 is 1.10 bits per heavy atom. The first-order chi connectivity index (χ1) is 9.49. The van der Waals surface area contributed by atoms with Crippen molar-refractivity contribution in [3.63, 3.8) is 0 Å². The molecule has 0 amide bonds. The number of nitrogens with zero attached hydrogens (tertiary/aromatic N) is 1. The van der Waals surface area contributed by atoms with Crippen molar-refractivity contribution in [1.82, 2.24) is 9.55 Å². The van der Waals surface area contributed by atoms with E-state index in [0.717, 1.165) is 6.07 Å². The van der Waals surface area contributed by atoms with Gasteiger partial charge in [-0.25, -0.2) is 8.78 Å². The fourth-order valence-electron chi connectivity index (χ4n) is 2.02.